The number of esters is 1. The highest BCUT2D eigenvalue weighted by atomic mass is 19.1. The lowest BCUT2D eigenvalue weighted by Crippen LogP contribution is -2.29. The van der Waals surface area contributed by atoms with Crippen molar-refractivity contribution in [2.45, 2.75) is 50.5 Å². The van der Waals surface area contributed by atoms with Crippen LogP contribution in [0.15, 0.2) is 12.1 Å². The van der Waals surface area contributed by atoms with Gasteiger partial charge in [0.15, 0.2) is 0 Å². The average molecular weight is 333 g/mol. The molecule has 0 N–H and O–H groups in total. The Morgan fingerprint density at radius 2 is 1.88 bits per heavy atom. The van der Waals surface area contributed by atoms with Crippen LogP contribution in [0.25, 0.3) is 0 Å². The maximum atomic E-state index is 14.8. The van der Waals surface area contributed by atoms with E-state index in [1.165, 1.54) is 18.9 Å². The summed E-state index contributed by atoms with van der Waals surface area (Å²) in [6, 6.07) is 3.08. The van der Waals surface area contributed by atoms with E-state index in [-0.39, 0.29) is 5.82 Å². The summed E-state index contributed by atoms with van der Waals surface area (Å²) in [5.74, 6) is -0.345. The number of hydrogen-bond acceptors (Lipinski definition) is 4. The van der Waals surface area contributed by atoms with Gasteiger partial charge in [-0.15, -0.1) is 0 Å². The fourth-order valence-corrected chi connectivity index (χ4v) is 4.35. The molecule has 24 heavy (non-hydrogen) atoms. The number of benzene rings is 1. The molecule has 0 radical (unpaired) electrons. The molecule has 4 nitrogen and oxygen atoms in total. The molecule has 0 unspecified atom stereocenters. The third kappa shape index (κ3) is 2.79. The maximum absolute atomic E-state index is 14.8. The second kappa shape index (κ2) is 6.36. The first-order valence-electron chi connectivity index (χ1n) is 9.10. The Bertz CT molecular complexity index is 634. The molecule has 5 heteroatoms. The number of fused-ring (bicyclic) bond motifs is 2. The highest BCUT2D eigenvalue weighted by Crippen LogP contribution is 2.48. The molecule has 1 spiro atoms. The Labute approximate surface area is 141 Å². The van der Waals surface area contributed by atoms with Crippen molar-refractivity contribution in [1.82, 2.24) is 4.90 Å². The molecule has 0 aromatic heterocycles. The van der Waals surface area contributed by atoms with Crippen molar-refractivity contribution >= 4 is 5.97 Å². The predicted molar refractivity (Wildman–Crippen MR) is 87.7 cm³/mol. The molecule has 2 fully saturated rings. The summed E-state index contributed by atoms with van der Waals surface area (Å²) >= 11 is 0. The van der Waals surface area contributed by atoms with E-state index in [0.29, 0.717) is 23.5 Å². The van der Waals surface area contributed by atoms with Gasteiger partial charge in [-0.3, -0.25) is 4.90 Å². The summed E-state index contributed by atoms with van der Waals surface area (Å²) < 4.78 is 26.1. The molecule has 4 rings (SSSR count). The molecule has 2 aliphatic heterocycles. The Morgan fingerprint density at radius 3 is 2.62 bits per heavy atom. The van der Waals surface area contributed by atoms with Gasteiger partial charge in [0, 0.05) is 18.2 Å². The van der Waals surface area contributed by atoms with E-state index in [2.05, 4.69) is 4.90 Å². The van der Waals surface area contributed by atoms with Crippen molar-refractivity contribution in [3.63, 3.8) is 0 Å². The van der Waals surface area contributed by atoms with E-state index < -0.39 is 11.6 Å². The summed E-state index contributed by atoms with van der Waals surface area (Å²) in [4.78, 5) is 14.6. The van der Waals surface area contributed by atoms with Crippen LogP contribution in [0, 0.1) is 5.82 Å². The average Bonchev–Trinajstić information content (AvgIpc) is 3.16. The topological polar surface area (TPSA) is 38.8 Å². The zero-order chi connectivity index (χ0) is 16.6. The van der Waals surface area contributed by atoms with Gasteiger partial charge in [-0.25, -0.2) is 9.18 Å². The molecule has 1 saturated heterocycles. The van der Waals surface area contributed by atoms with Crippen molar-refractivity contribution in [3.8, 4) is 5.75 Å². The predicted octanol–water partition coefficient (Wildman–Crippen LogP) is 3.63. The van der Waals surface area contributed by atoms with E-state index in [1.807, 2.05) is 0 Å². The minimum atomic E-state index is -0.733. The van der Waals surface area contributed by atoms with Gasteiger partial charge in [-0.2, -0.15) is 0 Å². The van der Waals surface area contributed by atoms with Crippen LogP contribution in [0.3, 0.4) is 0 Å². The van der Waals surface area contributed by atoms with Crippen LogP contribution in [-0.4, -0.2) is 37.1 Å². The van der Waals surface area contributed by atoms with Gasteiger partial charge >= 0.3 is 5.97 Å². The largest absolute Gasteiger partial charge is 0.492 e. The first-order valence-corrected chi connectivity index (χ1v) is 9.10. The molecule has 1 aromatic carbocycles. The van der Waals surface area contributed by atoms with Gasteiger partial charge in [-0.05, 0) is 57.7 Å². The highest BCUT2D eigenvalue weighted by molar-refractivity contribution is 5.95. The number of carbonyl (C=O) groups is 1. The minimum absolute atomic E-state index is 0.355. The van der Waals surface area contributed by atoms with Crippen LogP contribution in [0.4, 0.5) is 4.39 Å². The quantitative estimate of drug-likeness (QED) is 0.789. The third-order valence-electron chi connectivity index (χ3n) is 5.56. The lowest BCUT2D eigenvalue weighted by atomic mass is 9.79. The highest BCUT2D eigenvalue weighted by Gasteiger charge is 2.48. The monoisotopic (exact) mass is 333 g/mol. The number of nitrogens with zero attached hydrogens (tertiary/aromatic N) is 1. The number of hydrogen-bond donors (Lipinski definition) is 0. The van der Waals surface area contributed by atoms with Crippen LogP contribution in [0.1, 0.15) is 60.9 Å². The molecular formula is C19H24FNO3. The molecule has 0 bridgehead atoms. The van der Waals surface area contributed by atoms with Crippen molar-refractivity contribution < 1.29 is 18.7 Å². The smallest absolute Gasteiger partial charge is 0.339 e. The molecule has 0 atom stereocenters. The fraction of sp³-hybridized carbons (Fsp3) is 0.632. The lowest BCUT2D eigenvalue weighted by Gasteiger charge is -2.32. The molecule has 2 heterocycles. The second-order valence-electron chi connectivity index (χ2n) is 7.17. The molecule has 3 aliphatic rings. The van der Waals surface area contributed by atoms with Gasteiger partial charge in [0.1, 0.15) is 23.8 Å². The molecule has 1 saturated carbocycles. The van der Waals surface area contributed by atoms with Crippen LogP contribution >= 0.6 is 0 Å². The summed E-state index contributed by atoms with van der Waals surface area (Å²) in [5.41, 5.74) is 0.0789. The number of halogens is 1. The van der Waals surface area contributed by atoms with Crippen LogP contribution in [0.5, 0.6) is 5.75 Å². The van der Waals surface area contributed by atoms with Gasteiger partial charge in [0.05, 0.1) is 5.56 Å². The number of carbonyl (C=O) groups excluding carboxylic acids is 1. The summed E-state index contributed by atoms with van der Waals surface area (Å²) in [7, 11) is 0. The number of rotatable bonds is 4. The first kappa shape index (κ1) is 15.9. The molecule has 1 aromatic rings. The molecule has 1 aliphatic carbocycles. The normalized spacial score (nSPS) is 22.6. The van der Waals surface area contributed by atoms with E-state index >= 15 is 0 Å². The van der Waals surface area contributed by atoms with E-state index in [1.54, 1.807) is 6.07 Å². The van der Waals surface area contributed by atoms with Crippen LogP contribution in [0.2, 0.25) is 0 Å². The summed E-state index contributed by atoms with van der Waals surface area (Å²) in [5, 5.41) is 0. The SMILES string of the molecule is O=C1OC2(CCCCC2)c2c(F)cc(OCCN3CCCC3)cc21. The Hall–Kier alpha value is -1.62. The molecule has 130 valence electrons. The lowest BCUT2D eigenvalue weighted by molar-refractivity contribution is -0.0294. The van der Waals surface area contributed by atoms with Crippen LogP contribution < -0.4 is 4.74 Å². The second-order valence-corrected chi connectivity index (χ2v) is 7.17. The summed E-state index contributed by atoms with van der Waals surface area (Å²) in [6.07, 6.45) is 6.98. The Morgan fingerprint density at radius 1 is 1.12 bits per heavy atom. The third-order valence-corrected chi connectivity index (χ3v) is 5.56. The Balaban J connectivity index is 1.51. The first-order chi connectivity index (χ1) is 11.7. The molecule has 0 amide bonds. The Kier molecular flexibility index (Phi) is 4.21. The maximum Gasteiger partial charge on any atom is 0.339 e. The number of likely N-dealkylation sites (tertiary alicyclic amines) is 1. The van der Waals surface area contributed by atoms with Gasteiger partial charge < -0.3 is 9.47 Å². The van der Waals surface area contributed by atoms with E-state index in [9.17, 15) is 9.18 Å². The summed E-state index contributed by atoms with van der Waals surface area (Å²) in [6.45, 7) is 3.57. The fourth-order valence-electron chi connectivity index (χ4n) is 4.35. The van der Waals surface area contributed by atoms with Gasteiger partial charge in [0.2, 0.25) is 0 Å². The van der Waals surface area contributed by atoms with Crippen molar-refractivity contribution in [2.75, 3.05) is 26.2 Å². The zero-order valence-electron chi connectivity index (χ0n) is 14.0. The van der Waals surface area contributed by atoms with Gasteiger partial charge in [0.25, 0.3) is 0 Å². The van der Waals surface area contributed by atoms with Crippen molar-refractivity contribution in [1.29, 1.82) is 0 Å². The number of ether oxygens (including phenoxy) is 2. The van der Waals surface area contributed by atoms with Gasteiger partial charge in [-0.1, -0.05) is 6.42 Å². The van der Waals surface area contributed by atoms with E-state index in [0.717, 1.165) is 51.7 Å². The van der Waals surface area contributed by atoms with Crippen LogP contribution in [-0.2, 0) is 10.3 Å². The minimum Gasteiger partial charge on any atom is -0.492 e. The standard InChI is InChI=1S/C19H24FNO3/c20-16-13-14(23-11-10-21-8-4-5-9-21)12-15-17(16)19(24-18(15)22)6-2-1-3-7-19/h12-13H,1-11H2. The van der Waals surface area contributed by atoms with E-state index in [4.69, 9.17) is 9.47 Å². The van der Waals surface area contributed by atoms with Crippen molar-refractivity contribution in [2.24, 2.45) is 0 Å². The van der Waals surface area contributed by atoms with Crippen molar-refractivity contribution in [3.05, 3.63) is 29.1 Å². The molecular weight excluding hydrogens is 309 g/mol. The zero-order valence-corrected chi connectivity index (χ0v) is 14.0.